The largest absolute Gasteiger partial charge is 0.389 e. The van der Waals surface area contributed by atoms with E-state index in [0.717, 1.165) is 50.1 Å². The van der Waals surface area contributed by atoms with Crippen molar-refractivity contribution < 1.29 is 14.3 Å². The Morgan fingerprint density at radius 2 is 1.95 bits per heavy atom. The van der Waals surface area contributed by atoms with Crippen LogP contribution in [0.1, 0.15) is 44.7 Å². The van der Waals surface area contributed by atoms with E-state index in [1.807, 2.05) is 16.9 Å². The molecular formula is C15H21N3O3. The van der Waals surface area contributed by atoms with Gasteiger partial charge in [-0.25, -0.2) is 0 Å². The molecule has 0 aromatic carbocycles. The van der Waals surface area contributed by atoms with Gasteiger partial charge in [-0.15, -0.1) is 0 Å². The van der Waals surface area contributed by atoms with Gasteiger partial charge in [0, 0.05) is 32.0 Å². The Kier molecular flexibility index (Phi) is 3.04. The number of aromatic nitrogens is 2. The van der Waals surface area contributed by atoms with Crippen LogP contribution in [0.3, 0.4) is 0 Å². The zero-order valence-corrected chi connectivity index (χ0v) is 12.4. The normalized spacial score (nSPS) is 26.2. The van der Waals surface area contributed by atoms with Crippen LogP contribution in [0.4, 0.5) is 0 Å². The lowest BCUT2D eigenvalue weighted by molar-refractivity contribution is -0.206. The zero-order valence-electron chi connectivity index (χ0n) is 12.4. The van der Waals surface area contributed by atoms with E-state index >= 15 is 0 Å². The molecule has 0 amide bonds. The lowest BCUT2D eigenvalue weighted by Crippen LogP contribution is -2.43. The van der Waals surface area contributed by atoms with Crippen LogP contribution in [0.5, 0.6) is 0 Å². The molecule has 4 rings (SSSR count). The summed E-state index contributed by atoms with van der Waals surface area (Å²) >= 11 is 0. The zero-order chi connectivity index (χ0) is 14.3. The Labute approximate surface area is 124 Å². The molecule has 1 saturated heterocycles. The summed E-state index contributed by atoms with van der Waals surface area (Å²) in [6.07, 6.45) is 6.32. The van der Waals surface area contributed by atoms with Crippen LogP contribution < -0.4 is 0 Å². The molecule has 2 aliphatic heterocycles. The van der Waals surface area contributed by atoms with Crippen LogP contribution in [0, 0.1) is 0 Å². The molecule has 3 heterocycles. The fourth-order valence-corrected chi connectivity index (χ4v) is 3.63. The molecular weight excluding hydrogens is 270 g/mol. The van der Waals surface area contributed by atoms with E-state index in [-0.39, 0.29) is 11.4 Å². The molecule has 0 atom stereocenters. The minimum absolute atomic E-state index is 0.168. The molecule has 1 aromatic rings. The van der Waals surface area contributed by atoms with Crippen molar-refractivity contribution in [1.29, 1.82) is 0 Å². The fraction of sp³-hybridized carbons (Fsp3) is 0.733. The van der Waals surface area contributed by atoms with Gasteiger partial charge in [0.2, 0.25) is 0 Å². The molecule has 1 aromatic heterocycles. The van der Waals surface area contributed by atoms with Crippen molar-refractivity contribution in [3.05, 3.63) is 18.0 Å². The first-order chi connectivity index (χ1) is 10.2. The third-order valence-corrected chi connectivity index (χ3v) is 4.89. The molecule has 0 bridgehead atoms. The van der Waals surface area contributed by atoms with E-state index in [1.54, 1.807) is 0 Å². The van der Waals surface area contributed by atoms with Gasteiger partial charge < -0.3 is 14.3 Å². The van der Waals surface area contributed by atoms with Crippen molar-refractivity contribution in [3.63, 3.8) is 0 Å². The van der Waals surface area contributed by atoms with Crippen LogP contribution in [-0.4, -0.2) is 40.1 Å². The lowest BCUT2D eigenvalue weighted by atomic mass is 9.78. The van der Waals surface area contributed by atoms with E-state index in [9.17, 15) is 0 Å². The predicted molar refractivity (Wildman–Crippen MR) is 76.0 cm³/mol. The van der Waals surface area contributed by atoms with Crippen LogP contribution in [0.2, 0.25) is 0 Å². The smallest absolute Gasteiger partial charge is 0.168 e. The highest BCUT2D eigenvalue weighted by Gasteiger charge is 2.50. The number of oxime groups is 1. The van der Waals surface area contributed by atoms with Crippen LogP contribution in [0.25, 0.3) is 0 Å². The van der Waals surface area contributed by atoms with E-state index in [4.69, 9.17) is 14.3 Å². The number of hydrogen-bond donors (Lipinski definition) is 0. The highest BCUT2D eigenvalue weighted by atomic mass is 16.7. The predicted octanol–water partition coefficient (Wildman–Crippen LogP) is 2.08. The Morgan fingerprint density at radius 3 is 2.67 bits per heavy atom. The minimum atomic E-state index is -0.345. The lowest BCUT2D eigenvalue weighted by Gasteiger charge is -2.39. The summed E-state index contributed by atoms with van der Waals surface area (Å²) in [6, 6.07) is 2.01. The molecule has 21 heavy (non-hydrogen) atoms. The first-order valence-electron chi connectivity index (χ1n) is 7.79. The van der Waals surface area contributed by atoms with Crippen molar-refractivity contribution in [2.45, 2.75) is 57.0 Å². The maximum Gasteiger partial charge on any atom is 0.168 e. The summed E-state index contributed by atoms with van der Waals surface area (Å²) in [5, 5.41) is 8.66. The van der Waals surface area contributed by atoms with Gasteiger partial charge in [0.25, 0.3) is 0 Å². The first-order valence-corrected chi connectivity index (χ1v) is 7.79. The number of hydrogen-bond acceptors (Lipinski definition) is 5. The van der Waals surface area contributed by atoms with Gasteiger partial charge in [-0.1, -0.05) is 5.16 Å². The van der Waals surface area contributed by atoms with E-state index in [0.29, 0.717) is 13.2 Å². The van der Waals surface area contributed by atoms with Crippen molar-refractivity contribution in [2.75, 3.05) is 13.2 Å². The summed E-state index contributed by atoms with van der Waals surface area (Å²) in [7, 11) is 0. The topological polar surface area (TPSA) is 57.9 Å². The number of aryl methyl sites for hydroxylation is 1. The number of rotatable bonds is 2. The van der Waals surface area contributed by atoms with Gasteiger partial charge in [-0.05, 0) is 25.8 Å². The maximum atomic E-state index is 5.86. The molecule has 3 aliphatic rings. The second-order valence-electron chi connectivity index (χ2n) is 6.13. The Hall–Kier alpha value is -1.40. The molecule has 6 heteroatoms. The van der Waals surface area contributed by atoms with Gasteiger partial charge in [-0.3, -0.25) is 4.68 Å². The summed E-state index contributed by atoms with van der Waals surface area (Å²) in [5.74, 6) is -0.345. The second kappa shape index (κ2) is 4.81. The van der Waals surface area contributed by atoms with Crippen molar-refractivity contribution in [3.8, 4) is 0 Å². The summed E-state index contributed by atoms with van der Waals surface area (Å²) in [6.45, 7) is 4.36. The molecule has 0 radical (unpaired) electrons. The molecule has 0 unspecified atom stereocenters. The third-order valence-electron chi connectivity index (χ3n) is 4.89. The third kappa shape index (κ3) is 2.17. The molecule has 2 spiro atoms. The number of nitrogens with zero attached hydrogens (tertiary/aromatic N) is 3. The molecule has 0 N–H and O–H groups in total. The van der Waals surface area contributed by atoms with Gasteiger partial charge in [-0.2, -0.15) is 5.10 Å². The average molecular weight is 291 g/mol. The second-order valence-corrected chi connectivity index (χ2v) is 6.13. The highest BCUT2D eigenvalue weighted by molar-refractivity contribution is 6.00. The van der Waals surface area contributed by atoms with Crippen molar-refractivity contribution in [1.82, 2.24) is 9.78 Å². The summed E-state index contributed by atoms with van der Waals surface area (Å²) in [4.78, 5) is 5.86. The van der Waals surface area contributed by atoms with Gasteiger partial charge in [0.05, 0.1) is 18.9 Å². The van der Waals surface area contributed by atoms with Crippen molar-refractivity contribution >= 4 is 5.71 Å². The minimum Gasteiger partial charge on any atom is -0.389 e. The molecule has 1 aliphatic carbocycles. The van der Waals surface area contributed by atoms with Gasteiger partial charge in [0.1, 0.15) is 11.3 Å². The first kappa shape index (κ1) is 13.3. The van der Waals surface area contributed by atoms with Crippen LogP contribution in [-0.2, 0) is 20.9 Å². The van der Waals surface area contributed by atoms with Crippen molar-refractivity contribution in [2.24, 2.45) is 5.16 Å². The molecule has 114 valence electrons. The Balaban J connectivity index is 1.46. The monoisotopic (exact) mass is 291 g/mol. The maximum absolute atomic E-state index is 5.86. The number of ether oxygens (including phenoxy) is 2. The molecule has 6 nitrogen and oxygen atoms in total. The standard InChI is InChI=1S/C15H21N3O3/c1-2-18-13(3-8-16-18)12-11-14(21-17-12)4-6-15(7-5-14)19-9-10-20-15/h3,8H,2,4-7,9-11H2,1H3. The Bertz CT molecular complexity index is 550. The van der Waals surface area contributed by atoms with Crippen LogP contribution >= 0.6 is 0 Å². The van der Waals surface area contributed by atoms with E-state index in [1.165, 1.54) is 0 Å². The quantitative estimate of drug-likeness (QED) is 0.837. The fourth-order valence-electron chi connectivity index (χ4n) is 3.63. The van der Waals surface area contributed by atoms with Crippen LogP contribution in [0.15, 0.2) is 17.4 Å². The van der Waals surface area contributed by atoms with E-state index < -0.39 is 0 Å². The highest BCUT2D eigenvalue weighted by Crippen LogP contribution is 2.45. The SMILES string of the molecule is CCn1nccc1C1=NOC2(CCC3(CC2)OCCO3)C1. The summed E-state index contributed by atoms with van der Waals surface area (Å²) in [5.41, 5.74) is 1.92. The summed E-state index contributed by atoms with van der Waals surface area (Å²) < 4.78 is 13.5. The van der Waals surface area contributed by atoms with E-state index in [2.05, 4.69) is 17.2 Å². The molecule has 1 saturated carbocycles. The molecule has 2 fully saturated rings. The van der Waals surface area contributed by atoms with Gasteiger partial charge in [0.15, 0.2) is 5.79 Å². The average Bonchev–Trinajstić information content (AvgIpc) is 3.23. The Morgan fingerprint density at radius 1 is 1.19 bits per heavy atom. The van der Waals surface area contributed by atoms with Gasteiger partial charge >= 0.3 is 0 Å².